The molecule has 2 aliphatic rings. The molecule has 1 aliphatic carbocycles. The zero-order valence-corrected chi connectivity index (χ0v) is 15.4. The van der Waals surface area contributed by atoms with Gasteiger partial charge in [0.2, 0.25) is 17.7 Å². The number of fused-ring (bicyclic) bond motifs is 1. The highest BCUT2D eigenvalue weighted by atomic mass is 16.5. The van der Waals surface area contributed by atoms with Crippen LogP contribution in [0.4, 0.5) is 0 Å². The third kappa shape index (κ3) is 3.74. The molecule has 140 valence electrons. The quantitative estimate of drug-likeness (QED) is 0.791. The Kier molecular flexibility index (Phi) is 5.59. The zero-order chi connectivity index (χ0) is 18.7. The standard InChI is InChI=1S/C20H26N2O4/c1-13-7-8-14(11-17(13)26-2)12-21-18(23)9-10-22-19(24)15-5-3-4-6-16(15)20(22)25/h7-8,11,15-16H,3-6,9-10,12H2,1-2H3,(H,21,23). The smallest absolute Gasteiger partial charge is 0.233 e. The molecule has 1 heterocycles. The van der Waals surface area contributed by atoms with Crippen molar-refractivity contribution in [2.75, 3.05) is 13.7 Å². The fourth-order valence-corrected chi connectivity index (χ4v) is 3.93. The molecule has 3 rings (SSSR count). The minimum Gasteiger partial charge on any atom is -0.496 e. The molecule has 6 nitrogen and oxygen atoms in total. The second-order valence-electron chi connectivity index (χ2n) is 7.16. The van der Waals surface area contributed by atoms with Crippen LogP contribution in [0.15, 0.2) is 18.2 Å². The lowest BCUT2D eigenvalue weighted by Gasteiger charge is -2.19. The van der Waals surface area contributed by atoms with Gasteiger partial charge in [0, 0.05) is 19.5 Å². The number of amides is 3. The number of benzene rings is 1. The zero-order valence-electron chi connectivity index (χ0n) is 15.4. The Morgan fingerprint density at radius 3 is 2.46 bits per heavy atom. The monoisotopic (exact) mass is 358 g/mol. The van der Waals surface area contributed by atoms with E-state index in [2.05, 4.69) is 5.32 Å². The molecule has 2 atom stereocenters. The fraction of sp³-hybridized carbons (Fsp3) is 0.550. The number of hydrogen-bond donors (Lipinski definition) is 1. The Morgan fingerprint density at radius 2 is 1.85 bits per heavy atom. The number of aryl methyl sites for hydroxylation is 1. The highest BCUT2D eigenvalue weighted by Crippen LogP contribution is 2.37. The molecule has 0 spiro atoms. The van der Waals surface area contributed by atoms with Crippen LogP contribution in [0.2, 0.25) is 0 Å². The summed E-state index contributed by atoms with van der Waals surface area (Å²) in [6, 6.07) is 5.79. The Balaban J connectivity index is 1.50. The van der Waals surface area contributed by atoms with Gasteiger partial charge in [0.1, 0.15) is 5.75 Å². The minimum atomic E-state index is -0.167. The Labute approximate surface area is 153 Å². The maximum atomic E-state index is 12.4. The van der Waals surface area contributed by atoms with Crippen molar-refractivity contribution in [3.05, 3.63) is 29.3 Å². The van der Waals surface area contributed by atoms with E-state index in [-0.39, 0.29) is 42.5 Å². The average molecular weight is 358 g/mol. The summed E-state index contributed by atoms with van der Waals surface area (Å²) in [7, 11) is 1.62. The van der Waals surface area contributed by atoms with Crippen LogP contribution in [-0.2, 0) is 20.9 Å². The molecule has 0 bridgehead atoms. The lowest BCUT2D eigenvalue weighted by molar-refractivity contribution is -0.140. The van der Waals surface area contributed by atoms with Gasteiger partial charge in [-0.15, -0.1) is 0 Å². The average Bonchev–Trinajstić information content (AvgIpc) is 2.90. The number of nitrogens with one attached hydrogen (secondary N) is 1. The van der Waals surface area contributed by atoms with Crippen LogP contribution in [0.5, 0.6) is 5.75 Å². The number of ether oxygens (including phenoxy) is 1. The molecule has 2 unspecified atom stereocenters. The summed E-state index contributed by atoms with van der Waals surface area (Å²) in [5.41, 5.74) is 1.98. The highest BCUT2D eigenvalue weighted by molar-refractivity contribution is 6.05. The number of likely N-dealkylation sites (tertiary alicyclic amines) is 1. The molecule has 1 aromatic rings. The van der Waals surface area contributed by atoms with Crippen LogP contribution in [0.3, 0.4) is 0 Å². The van der Waals surface area contributed by atoms with Crippen LogP contribution in [0.1, 0.15) is 43.2 Å². The summed E-state index contributed by atoms with van der Waals surface area (Å²) in [4.78, 5) is 38.2. The molecule has 26 heavy (non-hydrogen) atoms. The van der Waals surface area contributed by atoms with Crippen LogP contribution in [0.25, 0.3) is 0 Å². The largest absolute Gasteiger partial charge is 0.496 e. The Hall–Kier alpha value is -2.37. The maximum absolute atomic E-state index is 12.4. The van der Waals surface area contributed by atoms with Gasteiger partial charge in [-0.1, -0.05) is 25.0 Å². The van der Waals surface area contributed by atoms with E-state index in [1.807, 2.05) is 25.1 Å². The molecule has 2 fully saturated rings. The van der Waals surface area contributed by atoms with Crippen molar-refractivity contribution < 1.29 is 19.1 Å². The van der Waals surface area contributed by atoms with Crippen molar-refractivity contribution in [2.24, 2.45) is 11.8 Å². The molecule has 1 aromatic carbocycles. The van der Waals surface area contributed by atoms with Gasteiger partial charge in [-0.2, -0.15) is 0 Å². The third-order valence-electron chi connectivity index (χ3n) is 5.46. The number of hydrogen-bond acceptors (Lipinski definition) is 4. The molecule has 6 heteroatoms. The Bertz CT molecular complexity index is 692. The number of imide groups is 1. The van der Waals surface area contributed by atoms with Gasteiger partial charge in [-0.3, -0.25) is 19.3 Å². The number of methoxy groups -OCH3 is 1. The predicted octanol–water partition coefficient (Wildman–Crippen LogP) is 2.19. The molecule has 1 saturated heterocycles. The van der Waals surface area contributed by atoms with Gasteiger partial charge in [0.05, 0.1) is 18.9 Å². The lowest BCUT2D eigenvalue weighted by Crippen LogP contribution is -2.35. The van der Waals surface area contributed by atoms with Crippen molar-refractivity contribution >= 4 is 17.7 Å². The molecule has 0 radical (unpaired) electrons. The summed E-state index contributed by atoms with van der Waals surface area (Å²) >= 11 is 0. The summed E-state index contributed by atoms with van der Waals surface area (Å²) < 4.78 is 5.28. The molecule has 3 amide bonds. The van der Waals surface area contributed by atoms with E-state index in [9.17, 15) is 14.4 Å². The van der Waals surface area contributed by atoms with Crippen molar-refractivity contribution in [3.63, 3.8) is 0 Å². The van der Waals surface area contributed by atoms with Crippen molar-refractivity contribution in [3.8, 4) is 5.75 Å². The van der Waals surface area contributed by atoms with Crippen LogP contribution < -0.4 is 10.1 Å². The number of nitrogens with zero attached hydrogens (tertiary/aromatic N) is 1. The van der Waals surface area contributed by atoms with E-state index in [1.54, 1.807) is 7.11 Å². The number of carbonyl (C=O) groups excluding carboxylic acids is 3. The lowest BCUT2D eigenvalue weighted by atomic mass is 9.81. The molecular weight excluding hydrogens is 332 g/mol. The van der Waals surface area contributed by atoms with E-state index in [0.717, 1.165) is 42.6 Å². The first-order chi connectivity index (χ1) is 12.5. The minimum absolute atomic E-state index is 0.0872. The molecule has 0 aromatic heterocycles. The van der Waals surface area contributed by atoms with E-state index < -0.39 is 0 Å². The van der Waals surface area contributed by atoms with E-state index in [1.165, 1.54) is 4.90 Å². The van der Waals surface area contributed by atoms with Gasteiger partial charge in [-0.05, 0) is 37.0 Å². The maximum Gasteiger partial charge on any atom is 0.233 e. The first-order valence-electron chi connectivity index (χ1n) is 9.26. The van der Waals surface area contributed by atoms with Crippen LogP contribution >= 0.6 is 0 Å². The first-order valence-corrected chi connectivity index (χ1v) is 9.26. The van der Waals surface area contributed by atoms with Gasteiger partial charge in [0.15, 0.2) is 0 Å². The molecule has 1 aliphatic heterocycles. The Morgan fingerprint density at radius 1 is 1.19 bits per heavy atom. The normalized spacial score (nSPS) is 22.3. The molecule has 1 N–H and O–H groups in total. The molecule has 1 saturated carbocycles. The second kappa shape index (κ2) is 7.89. The fourth-order valence-electron chi connectivity index (χ4n) is 3.93. The number of carbonyl (C=O) groups is 3. The summed E-state index contributed by atoms with van der Waals surface area (Å²) in [5.74, 6) is 0.137. The van der Waals surface area contributed by atoms with E-state index in [4.69, 9.17) is 4.74 Å². The first kappa shape index (κ1) is 18.4. The predicted molar refractivity (Wildman–Crippen MR) is 96.4 cm³/mol. The topological polar surface area (TPSA) is 75.7 Å². The summed E-state index contributed by atoms with van der Waals surface area (Å²) in [6.45, 7) is 2.53. The van der Waals surface area contributed by atoms with Gasteiger partial charge >= 0.3 is 0 Å². The third-order valence-corrected chi connectivity index (χ3v) is 5.46. The second-order valence-corrected chi connectivity index (χ2v) is 7.16. The van der Waals surface area contributed by atoms with Crippen molar-refractivity contribution in [1.29, 1.82) is 0 Å². The van der Waals surface area contributed by atoms with E-state index in [0.29, 0.717) is 6.54 Å². The summed E-state index contributed by atoms with van der Waals surface area (Å²) in [6.07, 6.45) is 3.75. The SMILES string of the molecule is COc1cc(CNC(=O)CCN2C(=O)C3CCCCC3C2=O)ccc1C. The van der Waals surface area contributed by atoms with Crippen molar-refractivity contribution in [2.45, 2.75) is 45.6 Å². The van der Waals surface area contributed by atoms with E-state index >= 15 is 0 Å². The highest BCUT2D eigenvalue weighted by Gasteiger charge is 2.47. The molecular formula is C20H26N2O4. The van der Waals surface area contributed by atoms with Crippen molar-refractivity contribution in [1.82, 2.24) is 10.2 Å². The van der Waals surface area contributed by atoms with Crippen LogP contribution in [-0.4, -0.2) is 36.3 Å². The van der Waals surface area contributed by atoms with Gasteiger partial charge in [-0.25, -0.2) is 0 Å². The van der Waals surface area contributed by atoms with Gasteiger partial charge < -0.3 is 10.1 Å². The van der Waals surface area contributed by atoms with Crippen LogP contribution in [0, 0.1) is 18.8 Å². The van der Waals surface area contributed by atoms with Gasteiger partial charge in [0.25, 0.3) is 0 Å². The summed E-state index contributed by atoms with van der Waals surface area (Å²) in [5, 5.41) is 2.84. The number of rotatable bonds is 6.